The number of rotatable bonds is 1. The van der Waals surface area contributed by atoms with E-state index < -0.39 is 29.2 Å². The Labute approximate surface area is 142 Å². The van der Waals surface area contributed by atoms with Crippen LogP contribution in [0.15, 0.2) is 24.3 Å². The fourth-order valence-corrected chi connectivity index (χ4v) is 15.8. The maximum atomic E-state index is 12.8. The maximum absolute atomic E-state index is 12.8. The Balaban J connectivity index is 1.66. The van der Waals surface area contributed by atoms with Crippen LogP contribution < -0.4 is 3.61 Å². The van der Waals surface area contributed by atoms with Crippen LogP contribution in [0.2, 0.25) is 4.47 Å². The van der Waals surface area contributed by atoms with Crippen molar-refractivity contribution in [2.24, 2.45) is 16.7 Å². The fraction of sp³-hybridized carbons (Fsp3) is 0.647. The number of hydrogen-bond acceptors (Lipinski definition) is 1. The van der Waals surface area contributed by atoms with Crippen molar-refractivity contribution in [2.45, 2.75) is 49.9 Å². The summed E-state index contributed by atoms with van der Waals surface area (Å²) in [5.74, 6) is 0.698. The van der Waals surface area contributed by atoms with Crippen molar-refractivity contribution >= 4 is 30.0 Å². The van der Waals surface area contributed by atoms with Crippen LogP contribution in [0, 0.1) is 16.7 Å². The predicted octanol–water partition coefficient (Wildman–Crippen LogP) is 4.82. The van der Waals surface area contributed by atoms with Crippen LogP contribution in [0.5, 0.6) is 0 Å². The van der Waals surface area contributed by atoms with Gasteiger partial charge in [-0.2, -0.15) is 0 Å². The van der Waals surface area contributed by atoms with Crippen LogP contribution in [-0.4, -0.2) is 23.6 Å². The third-order valence-electron chi connectivity index (χ3n) is 6.60. The van der Waals surface area contributed by atoms with Crippen LogP contribution in [0.1, 0.15) is 38.7 Å². The topological polar surface area (TPSA) is 9.23 Å². The summed E-state index contributed by atoms with van der Waals surface area (Å²) < 4.78 is 46.4. The van der Waals surface area contributed by atoms with Crippen LogP contribution in [-0.2, 0) is 9.28 Å². The van der Waals surface area contributed by atoms with Crippen molar-refractivity contribution in [1.29, 1.82) is 0 Å². The number of fused-ring (bicyclic) bond motifs is 1. The average Bonchev–Trinajstić information content (AvgIpc) is 2.98. The molecular weight excluding hydrogens is 440 g/mol. The molecule has 1 heterocycles. The van der Waals surface area contributed by atoms with Gasteiger partial charge in [0.15, 0.2) is 0 Å². The van der Waals surface area contributed by atoms with Crippen LogP contribution in [0.4, 0.5) is 13.2 Å². The Kier molecular flexibility index (Phi) is 3.46. The molecule has 1 aromatic carbocycles. The third-order valence-corrected chi connectivity index (χ3v) is 15.9. The molecule has 0 amide bonds. The number of benzene rings is 1. The molecular formula is C17H20ClF3OTe. The van der Waals surface area contributed by atoms with Gasteiger partial charge in [0.1, 0.15) is 0 Å². The minimum absolute atomic E-state index is 0.142. The van der Waals surface area contributed by atoms with Gasteiger partial charge < -0.3 is 0 Å². The molecule has 6 heteroatoms. The van der Waals surface area contributed by atoms with Gasteiger partial charge in [-0.05, 0) is 0 Å². The summed E-state index contributed by atoms with van der Waals surface area (Å²) in [5.41, 5.74) is -0.253. The molecule has 3 aliphatic rings. The molecule has 1 aliphatic heterocycles. The summed E-state index contributed by atoms with van der Waals surface area (Å²) in [4.78, 5) is 0. The van der Waals surface area contributed by atoms with E-state index >= 15 is 0 Å². The number of halogens is 4. The van der Waals surface area contributed by atoms with Crippen molar-refractivity contribution in [3.8, 4) is 0 Å². The Morgan fingerprint density at radius 2 is 1.87 bits per heavy atom. The van der Waals surface area contributed by atoms with Gasteiger partial charge in [0.05, 0.1) is 0 Å². The molecule has 128 valence electrons. The molecule has 4 rings (SSSR count). The van der Waals surface area contributed by atoms with Crippen molar-refractivity contribution in [3.63, 3.8) is 0 Å². The molecule has 3 fully saturated rings. The Hall–Kier alpha value is 0.0496. The van der Waals surface area contributed by atoms with E-state index in [1.165, 1.54) is 6.42 Å². The van der Waals surface area contributed by atoms with Crippen molar-refractivity contribution in [3.05, 3.63) is 29.8 Å². The molecule has 1 spiro atoms. The van der Waals surface area contributed by atoms with Gasteiger partial charge in [-0.25, -0.2) is 0 Å². The standard InChI is InChI=1S/C17H20ClF3OTe/c1-15(2)12-7-8-16(15)10-23(18,22-14(16)9-12)13-5-3-11(4-6-13)17(19,20)21/h3-6,12,14H,7-10H2,1-2H3. The van der Waals surface area contributed by atoms with Gasteiger partial charge >= 0.3 is 143 Å². The van der Waals surface area contributed by atoms with Crippen LogP contribution in [0.25, 0.3) is 0 Å². The summed E-state index contributed by atoms with van der Waals surface area (Å²) >= 11 is -3.31. The van der Waals surface area contributed by atoms with E-state index in [0.29, 0.717) is 5.92 Å². The molecule has 0 N–H and O–H groups in total. The van der Waals surface area contributed by atoms with Gasteiger partial charge in [0, 0.05) is 0 Å². The molecule has 0 aromatic heterocycles. The summed E-state index contributed by atoms with van der Waals surface area (Å²) in [5, 5.41) is 0. The summed E-state index contributed by atoms with van der Waals surface area (Å²) in [6.07, 6.45) is -0.658. The average molecular weight is 460 g/mol. The van der Waals surface area contributed by atoms with E-state index in [4.69, 9.17) is 12.1 Å². The Morgan fingerprint density at radius 1 is 1.22 bits per heavy atom. The molecule has 4 unspecified atom stereocenters. The molecule has 2 saturated carbocycles. The normalized spacial score (nSPS) is 44.1. The first-order valence-corrected chi connectivity index (χ1v) is 14.7. The van der Waals surface area contributed by atoms with E-state index in [1.807, 2.05) is 0 Å². The second kappa shape index (κ2) is 4.81. The minimum atomic E-state index is -4.31. The van der Waals surface area contributed by atoms with E-state index in [2.05, 4.69) is 13.8 Å². The SMILES string of the molecule is CC1(C)C2CCC13C[Te](Cl)(c1ccc(C(F)(F)F)cc1)OC3C2. The molecule has 23 heavy (non-hydrogen) atoms. The Bertz CT molecular complexity index is 644. The van der Waals surface area contributed by atoms with Gasteiger partial charge in [-0.15, -0.1) is 0 Å². The van der Waals surface area contributed by atoms with E-state index in [1.54, 1.807) is 12.1 Å². The van der Waals surface area contributed by atoms with Gasteiger partial charge in [0.2, 0.25) is 0 Å². The third kappa shape index (κ3) is 2.16. The summed E-state index contributed by atoms with van der Waals surface area (Å²) in [6.45, 7) is 4.65. The number of alkyl halides is 3. The molecule has 1 aromatic rings. The zero-order chi connectivity index (χ0) is 16.7. The van der Waals surface area contributed by atoms with Gasteiger partial charge in [0.25, 0.3) is 0 Å². The number of hydrogen-bond donors (Lipinski definition) is 0. The van der Waals surface area contributed by atoms with Crippen molar-refractivity contribution < 1.29 is 16.3 Å². The van der Waals surface area contributed by atoms with Gasteiger partial charge in [-0.1, -0.05) is 0 Å². The predicted molar refractivity (Wildman–Crippen MR) is 85.9 cm³/mol. The van der Waals surface area contributed by atoms with E-state index in [-0.39, 0.29) is 16.9 Å². The summed E-state index contributed by atoms with van der Waals surface area (Å²) in [6, 6.07) is 5.38. The molecule has 4 atom stereocenters. The van der Waals surface area contributed by atoms with Crippen LogP contribution in [0.3, 0.4) is 0 Å². The van der Waals surface area contributed by atoms with Crippen molar-refractivity contribution in [1.82, 2.24) is 0 Å². The van der Waals surface area contributed by atoms with E-state index in [9.17, 15) is 13.2 Å². The van der Waals surface area contributed by atoms with Crippen LogP contribution >= 0.6 is 8.96 Å². The fourth-order valence-electron chi connectivity index (χ4n) is 5.01. The van der Waals surface area contributed by atoms with Gasteiger partial charge in [-0.3, -0.25) is 0 Å². The first-order chi connectivity index (χ1) is 10.6. The monoisotopic (exact) mass is 462 g/mol. The molecule has 1 saturated heterocycles. The van der Waals surface area contributed by atoms with Crippen molar-refractivity contribution in [2.75, 3.05) is 0 Å². The molecule has 0 radical (unpaired) electrons. The molecule has 2 bridgehead atoms. The zero-order valence-electron chi connectivity index (χ0n) is 13.1. The first-order valence-electron chi connectivity index (χ1n) is 7.95. The molecule has 1 nitrogen and oxygen atoms in total. The van der Waals surface area contributed by atoms with E-state index in [0.717, 1.165) is 33.1 Å². The quantitative estimate of drug-likeness (QED) is 0.547. The zero-order valence-corrected chi connectivity index (χ0v) is 16.2. The second-order valence-electron chi connectivity index (χ2n) is 7.70. The first kappa shape index (κ1) is 16.5. The summed E-state index contributed by atoms with van der Waals surface area (Å²) in [7, 11) is 6.97. The molecule has 2 aliphatic carbocycles. The Morgan fingerprint density at radius 3 is 2.39 bits per heavy atom. The second-order valence-corrected chi connectivity index (χ2v) is 17.2.